The molecule has 0 spiro atoms. The second-order valence-electron chi connectivity index (χ2n) is 28.6. The van der Waals surface area contributed by atoms with Gasteiger partial charge >= 0.3 is 0 Å². The quantitative estimate of drug-likeness (QED) is 0.0957. The summed E-state index contributed by atoms with van der Waals surface area (Å²) in [6, 6.07) is 111. The Morgan fingerprint density at radius 3 is 1.02 bits per heavy atom. The minimum absolute atomic E-state index is 0. The molecule has 113 heavy (non-hydrogen) atoms. The molecule has 0 unspecified atom stereocenters. The SMILES string of the molecule is CC(C)Cc1cccc(-c2cc[c-]c(-c3ccccn3)c2)c1.CC(C)c1cc(-c2cc[c-]c(-c3ccccn3)c2)cc(C(C)C)c1.CC(C)c1ccc(-c2cc[c-]c(-c3ccccn3)c2)cc1.Cc1cc(C)cc(-c2cc[c-]c(-c3ccccn3)c2)c1.Cc1ccnc(-c2[c-]ccc(-c3ccc(F)cc3)c2)c1C.[Ir].[Ir].[Ir].[Ir].[Ir]. The van der Waals surface area contributed by atoms with Gasteiger partial charge in [0, 0.05) is 132 Å². The normalized spacial score (nSPS) is 10.3. The number of pyridine rings is 5. The summed E-state index contributed by atoms with van der Waals surface area (Å²) in [5, 5.41) is 0. The van der Waals surface area contributed by atoms with E-state index in [2.05, 4.69) is 272 Å². The summed E-state index contributed by atoms with van der Waals surface area (Å²) in [4.78, 5) is 22.1. The molecule has 0 bridgehead atoms. The van der Waals surface area contributed by atoms with Gasteiger partial charge in [0.05, 0.1) is 0 Å². The van der Waals surface area contributed by atoms with Crippen molar-refractivity contribution in [2.24, 2.45) is 5.92 Å². The molecule has 0 atom stereocenters. The number of nitrogens with zero attached hydrogens (tertiary/aromatic N) is 5. The number of benzene rings is 10. The summed E-state index contributed by atoms with van der Waals surface area (Å²) in [5.74, 6) is 2.05. The Hall–Kier alpha value is -8.87. The van der Waals surface area contributed by atoms with Crippen molar-refractivity contribution in [3.05, 3.63) is 391 Å². The predicted molar refractivity (Wildman–Crippen MR) is 449 cm³/mol. The molecule has 15 aromatic rings. The number of halogens is 1. The van der Waals surface area contributed by atoms with Crippen molar-refractivity contribution >= 4 is 0 Å². The summed E-state index contributed by atoms with van der Waals surface area (Å²) >= 11 is 0. The average molecular weight is 2370 g/mol. The maximum atomic E-state index is 13.0. The molecule has 15 rings (SSSR count). The van der Waals surface area contributed by atoms with Crippen LogP contribution in [0, 0.1) is 69.8 Å². The molecule has 0 amide bonds. The maximum Gasteiger partial charge on any atom is 0.123 e. The van der Waals surface area contributed by atoms with Crippen molar-refractivity contribution in [3.63, 3.8) is 0 Å². The fraction of sp³-hybridized carbons (Fsp3) is 0.167. The van der Waals surface area contributed by atoms with Crippen LogP contribution in [-0.4, -0.2) is 24.9 Å². The number of rotatable bonds is 15. The fourth-order valence-corrected chi connectivity index (χ4v) is 12.7. The van der Waals surface area contributed by atoms with Gasteiger partial charge < -0.3 is 24.9 Å². The van der Waals surface area contributed by atoms with Crippen molar-refractivity contribution < 1.29 is 105 Å². The standard InChI is InChI=1S/C23H24N.C21H20N.C20H18N.C19H15FN.C19H16N.5Ir/c1-16(2)20-13-21(17(3)4)15-22(14-20)18-8-7-9-19(12-18)23-10-5-6-11-24-23;1-16(2)13-17-7-5-8-18(14-17)19-9-6-10-20(15-19)21-11-3-4-12-22-21;1-15(2)16-9-11-17(12-10-16)18-6-5-7-19(14-18)20-8-3-4-13-21-20;1-13-10-11-21-19(14(13)2)17-5-3-4-16(12-17)15-6-8-18(20)9-7-15;1-14-10-15(2)12-18(11-14)16-6-5-7-17(13-16)19-8-3-4-9-20-19;;;;;/h5-8,10-17H,1-4H3;3-9,11-12,14-16H,13H2,1-2H3;3-6,8-15H,1-2H3;3-4,6-12H,1-2H3;3-6,8-13H,1-2H3;;;;;/q5*-1;;;;;. The van der Waals surface area contributed by atoms with E-state index in [4.69, 9.17) is 0 Å². The molecular weight excluding hydrogens is 2280 g/mol. The fourth-order valence-electron chi connectivity index (χ4n) is 12.7. The minimum Gasteiger partial charge on any atom is -0.305 e. The third-order valence-corrected chi connectivity index (χ3v) is 18.7. The van der Waals surface area contributed by atoms with E-state index in [0.29, 0.717) is 23.7 Å². The molecule has 5 aromatic heterocycles. The van der Waals surface area contributed by atoms with Crippen molar-refractivity contribution in [1.82, 2.24) is 24.9 Å². The Kier molecular flexibility index (Phi) is 38.2. The van der Waals surface area contributed by atoms with Gasteiger partial charge in [0.25, 0.3) is 0 Å². The predicted octanol–water partition coefficient (Wildman–Crippen LogP) is 27.0. The van der Waals surface area contributed by atoms with E-state index in [1.807, 2.05) is 152 Å². The molecule has 0 aliphatic carbocycles. The molecular formula is C102H93FIr5N5-5. The molecule has 0 saturated carbocycles. The summed E-state index contributed by atoms with van der Waals surface area (Å²) in [6.45, 7) is 26.3. The number of hydrogen-bond acceptors (Lipinski definition) is 5. The summed E-state index contributed by atoms with van der Waals surface area (Å²) in [6.07, 6.45) is 10.2. The second-order valence-corrected chi connectivity index (χ2v) is 28.6. The van der Waals surface area contributed by atoms with Crippen LogP contribution in [-0.2, 0) is 107 Å². The van der Waals surface area contributed by atoms with Crippen molar-refractivity contribution in [3.8, 4) is 112 Å². The largest absolute Gasteiger partial charge is 0.305 e. The van der Waals surface area contributed by atoms with Crippen molar-refractivity contribution in [1.29, 1.82) is 0 Å². The van der Waals surface area contributed by atoms with Gasteiger partial charge in [-0.2, -0.15) is 0 Å². The van der Waals surface area contributed by atoms with Crippen LogP contribution in [0.25, 0.3) is 112 Å². The van der Waals surface area contributed by atoms with Gasteiger partial charge in [-0.05, 0) is 179 Å². The minimum atomic E-state index is -0.224. The molecule has 10 aromatic carbocycles. The number of aryl methyl sites for hydroxylation is 3. The van der Waals surface area contributed by atoms with Crippen LogP contribution in [0.5, 0.6) is 0 Å². The van der Waals surface area contributed by atoms with Gasteiger partial charge in [-0.25, -0.2) is 4.39 Å². The average Bonchev–Trinajstić information content (AvgIpc) is 0.981. The first-order valence-electron chi connectivity index (χ1n) is 37.2. The van der Waals surface area contributed by atoms with Gasteiger partial charge in [-0.1, -0.05) is 223 Å². The molecule has 11 heteroatoms. The zero-order chi connectivity index (χ0) is 75.9. The third-order valence-electron chi connectivity index (χ3n) is 18.7. The van der Waals surface area contributed by atoms with Gasteiger partial charge in [0.1, 0.15) is 5.82 Å². The number of hydrogen-bond donors (Lipinski definition) is 0. The monoisotopic (exact) mass is 2370 g/mol. The van der Waals surface area contributed by atoms with Crippen LogP contribution >= 0.6 is 0 Å². The van der Waals surface area contributed by atoms with E-state index in [-0.39, 0.29) is 106 Å². The Labute approximate surface area is 738 Å². The van der Waals surface area contributed by atoms with Crippen molar-refractivity contribution in [2.75, 3.05) is 0 Å². The van der Waals surface area contributed by atoms with Crippen LogP contribution in [0.2, 0.25) is 0 Å². The Morgan fingerprint density at radius 2 is 0.637 bits per heavy atom. The molecule has 5 heterocycles. The first-order chi connectivity index (χ1) is 52.4. The van der Waals surface area contributed by atoms with Gasteiger partial charge in [0.2, 0.25) is 0 Å². The van der Waals surface area contributed by atoms with Crippen LogP contribution in [0.3, 0.4) is 0 Å². The van der Waals surface area contributed by atoms with Crippen LogP contribution < -0.4 is 0 Å². The number of aromatic nitrogens is 5. The Bertz CT molecular complexity index is 5330. The summed E-state index contributed by atoms with van der Waals surface area (Å²) in [5.41, 5.74) is 32.2. The maximum absolute atomic E-state index is 13.0. The molecule has 0 aliphatic heterocycles. The van der Waals surface area contributed by atoms with E-state index in [1.54, 1.807) is 12.1 Å². The topological polar surface area (TPSA) is 64.5 Å². The molecule has 5 nitrogen and oxygen atoms in total. The Morgan fingerprint density at radius 1 is 0.283 bits per heavy atom. The zero-order valence-electron chi connectivity index (χ0n) is 65.7. The van der Waals surface area contributed by atoms with E-state index in [0.717, 1.165) is 79.4 Å². The first-order valence-corrected chi connectivity index (χ1v) is 37.2. The summed E-state index contributed by atoms with van der Waals surface area (Å²) < 4.78 is 13.0. The zero-order valence-corrected chi connectivity index (χ0v) is 77.7. The van der Waals surface area contributed by atoms with Gasteiger partial charge in [0.15, 0.2) is 0 Å². The molecule has 0 fully saturated rings. The molecule has 0 N–H and O–H groups in total. The van der Waals surface area contributed by atoms with E-state index < -0.39 is 0 Å². The summed E-state index contributed by atoms with van der Waals surface area (Å²) in [7, 11) is 0. The molecule has 583 valence electrons. The third kappa shape index (κ3) is 27.1. The van der Waals surface area contributed by atoms with E-state index in [9.17, 15) is 4.39 Å². The second kappa shape index (κ2) is 46.5. The van der Waals surface area contributed by atoms with Crippen LogP contribution in [0.1, 0.15) is 118 Å². The van der Waals surface area contributed by atoms with E-state index >= 15 is 0 Å². The van der Waals surface area contributed by atoms with Crippen LogP contribution in [0.15, 0.2) is 310 Å². The smallest absolute Gasteiger partial charge is 0.123 e. The van der Waals surface area contributed by atoms with Gasteiger partial charge in [-0.3, -0.25) is 0 Å². The molecule has 0 saturated heterocycles. The van der Waals surface area contributed by atoms with Crippen LogP contribution in [0.4, 0.5) is 4.39 Å². The first kappa shape index (κ1) is 93.0. The molecule has 0 aliphatic rings. The van der Waals surface area contributed by atoms with Gasteiger partial charge in [-0.15, -0.1) is 177 Å². The Balaban J connectivity index is 0.000000218. The molecule has 5 radical (unpaired) electrons. The van der Waals surface area contributed by atoms with Crippen molar-refractivity contribution in [2.45, 2.75) is 107 Å². The van der Waals surface area contributed by atoms with E-state index in [1.165, 1.54) is 95.6 Å².